The standard InChI is InChI=1S/C12H17NO3/c1-4-16-8-10-7-9(12(14)13-2)5-6-11(10)15-3/h5-7H,4,8H2,1-3H3,(H,13,14). The van der Waals surface area contributed by atoms with Crippen molar-refractivity contribution >= 4 is 5.91 Å². The minimum atomic E-state index is -0.111. The van der Waals surface area contributed by atoms with E-state index in [1.807, 2.05) is 6.92 Å². The van der Waals surface area contributed by atoms with Gasteiger partial charge < -0.3 is 14.8 Å². The van der Waals surface area contributed by atoms with E-state index < -0.39 is 0 Å². The summed E-state index contributed by atoms with van der Waals surface area (Å²) in [6, 6.07) is 5.29. The Morgan fingerprint density at radius 3 is 2.75 bits per heavy atom. The zero-order chi connectivity index (χ0) is 12.0. The summed E-state index contributed by atoms with van der Waals surface area (Å²) >= 11 is 0. The highest BCUT2D eigenvalue weighted by atomic mass is 16.5. The Morgan fingerprint density at radius 1 is 1.44 bits per heavy atom. The third-order valence-corrected chi connectivity index (χ3v) is 2.23. The van der Waals surface area contributed by atoms with E-state index in [4.69, 9.17) is 9.47 Å². The molecule has 16 heavy (non-hydrogen) atoms. The molecule has 1 aromatic rings. The van der Waals surface area contributed by atoms with E-state index in [0.29, 0.717) is 18.8 Å². The monoisotopic (exact) mass is 223 g/mol. The van der Waals surface area contributed by atoms with Crippen LogP contribution in [0.2, 0.25) is 0 Å². The topological polar surface area (TPSA) is 47.6 Å². The van der Waals surface area contributed by atoms with Crippen molar-refractivity contribution in [2.45, 2.75) is 13.5 Å². The van der Waals surface area contributed by atoms with Gasteiger partial charge in [0.2, 0.25) is 0 Å². The van der Waals surface area contributed by atoms with Crippen molar-refractivity contribution in [2.24, 2.45) is 0 Å². The second-order valence-corrected chi connectivity index (χ2v) is 3.24. The van der Waals surface area contributed by atoms with Gasteiger partial charge in [-0.1, -0.05) is 0 Å². The average Bonchev–Trinajstić information content (AvgIpc) is 2.34. The van der Waals surface area contributed by atoms with E-state index in [-0.39, 0.29) is 5.91 Å². The molecule has 0 saturated carbocycles. The summed E-state index contributed by atoms with van der Waals surface area (Å²) in [7, 11) is 3.21. The molecule has 0 bridgehead atoms. The molecule has 0 unspecified atom stereocenters. The van der Waals surface area contributed by atoms with Gasteiger partial charge in [0.25, 0.3) is 5.91 Å². The number of ether oxygens (including phenoxy) is 2. The van der Waals surface area contributed by atoms with E-state index in [1.54, 1.807) is 32.4 Å². The van der Waals surface area contributed by atoms with Crippen LogP contribution in [-0.4, -0.2) is 26.7 Å². The maximum absolute atomic E-state index is 11.4. The molecular weight excluding hydrogens is 206 g/mol. The fraction of sp³-hybridized carbons (Fsp3) is 0.417. The smallest absolute Gasteiger partial charge is 0.251 e. The molecule has 0 fully saturated rings. The van der Waals surface area contributed by atoms with Gasteiger partial charge in [-0.15, -0.1) is 0 Å². The highest BCUT2D eigenvalue weighted by Crippen LogP contribution is 2.20. The number of methoxy groups -OCH3 is 1. The lowest BCUT2D eigenvalue weighted by Crippen LogP contribution is -2.18. The Bertz CT molecular complexity index is 363. The van der Waals surface area contributed by atoms with Crippen molar-refractivity contribution in [2.75, 3.05) is 20.8 Å². The Morgan fingerprint density at radius 2 is 2.19 bits per heavy atom. The molecule has 0 aliphatic rings. The number of amides is 1. The van der Waals surface area contributed by atoms with Crippen LogP contribution < -0.4 is 10.1 Å². The SMILES string of the molecule is CCOCc1cc(C(=O)NC)ccc1OC. The summed E-state index contributed by atoms with van der Waals surface area (Å²) in [5.74, 6) is 0.626. The average molecular weight is 223 g/mol. The van der Waals surface area contributed by atoms with Crippen LogP contribution in [0.15, 0.2) is 18.2 Å². The number of hydrogen-bond donors (Lipinski definition) is 1. The summed E-state index contributed by atoms with van der Waals surface area (Å²) in [4.78, 5) is 11.4. The predicted molar refractivity (Wildman–Crippen MR) is 61.7 cm³/mol. The first-order chi connectivity index (χ1) is 7.72. The summed E-state index contributed by atoms with van der Waals surface area (Å²) in [5.41, 5.74) is 1.49. The zero-order valence-electron chi connectivity index (χ0n) is 9.87. The maximum atomic E-state index is 11.4. The van der Waals surface area contributed by atoms with Crippen LogP contribution in [0.1, 0.15) is 22.8 Å². The molecule has 0 radical (unpaired) electrons. The second kappa shape index (κ2) is 6.12. The number of carbonyl (C=O) groups excluding carboxylic acids is 1. The van der Waals surface area contributed by atoms with Crippen molar-refractivity contribution in [1.29, 1.82) is 0 Å². The zero-order valence-corrected chi connectivity index (χ0v) is 9.87. The molecule has 1 aromatic carbocycles. The Hall–Kier alpha value is -1.55. The molecule has 0 aromatic heterocycles. The fourth-order valence-corrected chi connectivity index (χ4v) is 1.39. The lowest BCUT2D eigenvalue weighted by molar-refractivity contribution is 0.0962. The van der Waals surface area contributed by atoms with Crippen LogP contribution in [0, 0.1) is 0 Å². The highest BCUT2D eigenvalue weighted by Gasteiger charge is 2.08. The van der Waals surface area contributed by atoms with E-state index in [2.05, 4.69) is 5.32 Å². The van der Waals surface area contributed by atoms with Gasteiger partial charge in [0.15, 0.2) is 0 Å². The first kappa shape index (κ1) is 12.5. The van der Waals surface area contributed by atoms with Gasteiger partial charge in [0, 0.05) is 24.8 Å². The molecule has 4 heteroatoms. The lowest BCUT2D eigenvalue weighted by Gasteiger charge is -2.10. The van der Waals surface area contributed by atoms with Crippen LogP contribution >= 0.6 is 0 Å². The van der Waals surface area contributed by atoms with E-state index in [0.717, 1.165) is 11.3 Å². The summed E-state index contributed by atoms with van der Waals surface area (Å²) in [6.07, 6.45) is 0. The number of carbonyl (C=O) groups is 1. The number of benzene rings is 1. The van der Waals surface area contributed by atoms with E-state index in [1.165, 1.54) is 0 Å². The summed E-state index contributed by atoms with van der Waals surface area (Å²) in [6.45, 7) is 3.01. The number of nitrogens with one attached hydrogen (secondary N) is 1. The van der Waals surface area contributed by atoms with Crippen molar-refractivity contribution < 1.29 is 14.3 Å². The van der Waals surface area contributed by atoms with Gasteiger partial charge in [0.1, 0.15) is 5.75 Å². The van der Waals surface area contributed by atoms with Crippen molar-refractivity contribution in [3.63, 3.8) is 0 Å². The van der Waals surface area contributed by atoms with Gasteiger partial charge in [-0.2, -0.15) is 0 Å². The molecule has 4 nitrogen and oxygen atoms in total. The molecule has 0 heterocycles. The van der Waals surface area contributed by atoms with Gasteiger partial charge >= 0.3 is 0 Å². The van der Waals surface area contributed by atoms with Gasteiger partial charge in [-0.05, 0) is 25.1 Å². The first-order valence-corrected chi connectivity index (χ1v) is 5.19. The summed E-state index contributed by atoms with van der Waals surface area (Å²) < 4.78 is 10.5. The molecule has 0 aliphatic heterocycles. The predicted octanol–water partition coefficient (Wildman–Crippen LogP) is 1.59. The van der Waals surface area contributed by atoms with Crippen LogP contribution in [-0.2, 0) is 11.3 Å². The van der Waals surface area contributed by atoms with Crippen LogP contribution in [0.4, 0.5) is 0 Å². The molecular formula is C12H17NO3. The Balaban J connectivity index is 2.96. The molecule has 88 valence electrons. The number of rotatable bonds is 5. The third-order valence-electron chi connectivity index (χ3n) is 2.23. The molecule has 1 amide bonds. The summed E-state index contributed by atoms with van der Waals surface area (Å²) in [5, 5.41) is 2.58. The number of hydrogen-bond acceptors (Lipinski definition) is 3. The van der Waals surface area contributed by atoms with Crippen molar-refractivity contribution in [1.82, 2.24) is 5.32 Å². The molecule has 0 aliphatic carbocycles. The maximum Gasteiger partial charge on any atom is 0.251 e. The molecule has 1 rings (SSSR count). The fourth-order valence-electron chi connectivity index (χ4n) is 1.39. The largest absolute Gasteiger partial charge is 0.496 e. The van der Waals surface area contributed by atoms with Crippen molar-refractivity contribution in [3.05, 3.63) is 29.3 Å². The van der Waals surface area contributed by atoms with Gasteiger partial charge in [-0.3, -0.25) is 4.79 Å². The van der Waals surface area contributed by atoms with Crippen LogP contribution in [0.5, 0.6) is 5.75 Å². The normalized spacial score (nSPS) is 9.94. The van der Waals surface area contributed by atoms with Crippen LogP contribution in [0.25, 0.3) is 0 Å². The van der Waals surface area contributed by atoms with E-state index in [9.17, 15) is 4.79 Å². The lowest BCUT2D eigenvalue weighted by atomic mass is 10.1. The quantitative estimate of drug-likeness (QED) is 0.824. The molecule has 0 spiro atoms. The molecule has 0 saturated heterocycles. The highest BCUT2D eigenvalue weighted by molar-refractivity contribution is 5.94. The first-order valence-electron chi connectivity index (χ1n) is 5.19. The minimum absolute atomic E-state index is 0.111. The van der Waals surface area contributed by atoms with E-state index >= 15 is 0 Å². The molecule has 0 atom stereocenters. The third kappa shape index (κ3) is 2.97. The van der Waals surface area contributed by atoms with Crippen molar-refractivity contribution in [3.8, 4) is 5.75 Å². The van der Waals surface area contributed by atoms with Crippen LogP contribution in [0.3, 0.4) is 0 Å². The minimum Gasteiger partial charge on any atom is -0.496 e. The van der Waals surface area contributed by atoms with Gasteiger partial charge in [0.05, 0.1) is 13.7 Å². The molecule has 1 N–H and O–H groups in total. The Kier molecular flexibility index (Phi) is 4.79. The Labute approximate surface area is 95.6 Å². The second-order valence-electron chi connectivity index (χ2n) is 3.24. The van der Waals surface area contributed by atoms with Gasteiger partial charge in [-0.25, -0.2) is 0 Å².